The Balaban J connectivity index is 1.39. The lowest BCUT2D eigenvalue weighted by Crippen LogP contribution is -2.53. The number of amides is 2. The van der Waals surface area contributed by atoms with Crippen LogP contribution in [0, 0.1) is 6.92 Å². The highest BCUT2D eigenvalue weighted by Gasteiger charge is 2.28. The number of carbonyl (C=O) groups excluding carboxylic acids is 2. The number of hydrogen-bond donors (Lipinski definition) is 2. The normalized spacial score (nSPS) is 15.6. The van der Waals surface area contributed by atoms with Gasteiger partial charge in [-0.05, 0) is 55.8 Å². The van der Waals surface area contributed by atoms with E-state index in [9.17, 15) is 14.4 Å². The van der Waals surface area contributed by atoms with E-state index in [1.807, 2.05) is 4.90 Å². The van der Waals surface area contributed by atoms with Crippen LogP contribution in [0.25, 0.3) is 22.3 Å². The zero-order valence-electron chi connectivity index (χ0n) is 21.1. The van der Waals surface area contributed by atoms with Crippen LogP contribution in [0.1, 0.15) is 29.8 Å². The third-order valence-electron chi connectivity index (χ3n) is 6.68. The molecule has 4 aromatic rings. The summed E-state index contributed by atoms with van der Waals surface area (Å²) in [6.07, 6.45) is 0. The predicted octanol–water partition coefficient (Wildman–Crippen LogP) is 4.21. The van der Waals surface area contributed by atoms with Gasteiger partial charge in [0, 0.05) is 49.4 Å². The average molecular weight is 496 g/mol. The molecule has 2 heterocycles. The molecule has 1 atom stereocenters. The van der Waals surface area contributed by atoms with Gasteiger partial charge in [-0.25, -0.2) is 4.98 Å². The molecule has 2 amide bonds. The lowest BCUT2D eigenvalue weighted by Gasteiger charge is -2.41. The Labute approximate surface area is 214 Å². The van der Waals surface area contributed by atoms with E-state index in [-0.39, 0.29) is 23.6 Å². The van der Waals surface area contributed by atoms with Crippen LogP contribution in [0.2, 0.25) is 0 Å². The molecule has 1 aromatic heterocycles. The molecule has 0 unspecified atom stereocenters. The maximum atomic E-state index is 13.4. The highest BCUT2D eigenvalue weighted by molar-refractivity contribution is 5.98. The van der Waals surface area contributed by atoms with Crippen LogP contribution in [-0.4, -0.2) is 52.4 Å². The van der Waals surface area contributed by atoms with Crippen molar-refractivity contribution in [2.75, 3.05) is 29.9 Å². The van der Waals surface area contributed by atoms with Crippen LogP contribution >= 0.6 is 0 Å². The number of benzene rings is 3. The van der Waals surface area contributed by atoms with Crippen molar-refractivity contribution in [1.29, 1.82) is 0 Å². The third kappa shape index (κ3) is 4.95. The van der Waals surface area contributed by atoms with Crippen molar-refractivity contribution in [3.63, 3.8) is 0 Å². The number of aryl methyl sites for hydroxylation is 1. The molecule has 0 aliphatic carbocycles. The molecule has 37 heavy (non-hydrogen) atoms. The first-order chi connectivity index (χ1) is 17.8. The molecule has 8 nitrogen and oxygen atoms in total. The van der Waals surface area contributed by atoms with Crippen molar-refractivity contribution >= 4 is 34.2 Å². The highest BCUT2D eigenvalue weighted by atomic mass is 16.2. The van der Waals surface area contributed by atoms with E-state index in [1.165, 1.54) is 18.2 Å². The van der Waals surface area contributed by atoms with Gasteiger partial charge < -0.3 is 20.1 Å². The molecule has 5 rings (SSSR count). The topological polar surface area (TPSA) is 98.4 Å². The number of para-hydroxylation sites is 1. The molecule has 0 saturated carbocycles. The maximum absolute atomic E-state index is 13.4. The Morgan fingerprint density at radius 2 is 1.84 bits per heavy atom. The first kappa shape index (κ1) is 24.2. The summed E-state index contributed by atoms with van der Waals surface area (Å²) in [5, 5.41) is 2.74. The summed E-state index contributed by atoms with van der Waals surface area (Å²) in [6, 6.07) is 20.8. The standard InChI is InChI=1S/C29H29N5O3/c1-18-7-6-8-22(15-18)34-14-13-33(17-19(34)2)29(37)21-11-12-25-26(16-21)32-28(36)27(31-25)23-9-4-5-10-24(23)30-20(3)35/h4-12,15-16,19H,13-14,17H2,1-3H3,(H,30,35)(H,32,36)/t19-/m0/s1. The van der Waals surface area contributed by atoms with Crippen LogP contribution in [0.4, 0.5) is 11.4 Å². The average Bonchev–Trinajstić information content (AvgIpc) is 2.87. The van der Waals surface area contributed by atoms with E-state index in [0.29, 0.717) is 40.9 Å². The SMILES string of the molecule is CC(=O)Nc1ccccc1-c1nc2ccc(C(=O)N3CCN(c4cccc(C)c4)[C@@H](C)C3)cc2[nH]c1=O. The Morgan fingerprint density at radius 3 is 2.59 bits per heavy atom. The van der Waals surface area contributed by atoms with Crippen LogP contribution in [0.5, 0.6) is 0 Å². The fourth-order valence-electron chi connectivity index (χ4n) is 4.91. The molecule has 3 aromatic carbocycles. The molecule has 188 valence electrons. The van der Waals surface area contributed by atoms with E-state index in [0.717, 1.165) is 6.54 Å². The monoisotopic (exact) mass is 495 g/mol. The van der Waals surface area contributed by atoms with Gasteiger partial charge in [0.2, 0.25) is 5.91 Å². The first-order valence-electron chi connectivity index (χ1n) is 12.3. The summed E-state index contributed by atoms with van der Waals surface area (Å²) >= 11 is 0. The molecule has 2 N–H and O–H groups in total. The fraction of sp³-hybridized carbons (Fsp3) is 0.241. The minimum atomic E-state index is -0.393. The molecule has 0 radical (unpaired) electrons. The van der Waals surface area contributed by atoms with Crippen molar-refractivity contribution in [2.24, 2.45) is 0 Å². The minimum Gasteiger partial charge on any atom is -0.365 e. The molecule has 1 fully saturated rings. The van der Waals surface area contributed by atoms with E-state index < -0.39 is 5.56 Å². The Kier molecular flexibility index (Phi) is 6.48. The van der Waals surface area contributed by atoms with Crippen molar-refractivity contribution in [3.8, 4) is 11.3 Å². The number of aromatic nitrogens is 2. The second kappa shape index (κ2) is 9.89. The molecular formula is C29H29N5O3. The number of nitrogens with one attached hydrogen (secondary N) is 2. The molecule has 8 heteroatoms. The van der Waals surface area contributed by atoms with E-state index in [1.54, 1.807) is 42.5 Å². The lowest BCUT2D eigenvalue weighted by atomic mass is 10.1. The molecule has 0 spiro atoms. The quantitative estimate of drug-likeness (QED) is 0.442. The summed E-state index contributed by atoms with van der Waals surface area (Å²) < 4.78 is 0. The van der Waals surface area contributed by atoms with Gasteiger partial charge >= 0.3 is 0 Å². The molecule has 1 aliphatic heterocycles. The number of rotatable bonds is 4. The number of nitrogens with zero attached hydrogens (tertiary/aromatic N) is 3. The first-order valence-corrected chi connectivity index (χ1v) is 12.3. The predicted molar refractivity (Wildman–Crippen MR) is 146 cm³/mol. The van der Waals surface area contributed by atoms with Gasteiger partial charge in [-0.2, -0.15) is 0 Å². The third-order valence-corrected chi connectivity index (χ3v) is 6.68. The smallest absolute Gasteiger partial charge is 0.275 e. The number of hydrogen-bond acceptors (Lipinski definition) is 5. The molecular weight excluding hydrogens is 466 g/mol. The number of piperazine rings is 1. The minimum absolute atomic E-state index is 0.0708. The summed E-state index contributed by atoms with van der Waals surface area (Å²) in [4.78, 5) is 49.5. The van der Waals surface area contributed by atoms with Crippen LogP contribution in [0.3, 0.4) is 0 Å². The van der Waals surface area contributed by atoms with Gasteiger partial charge in [0.05, 0.1) is 16.7 Å². The molecule has 1 aliphatic rings. The largest absolute Gasteiger partial charge is 0.365 e. The fourth-order valence-corrected chi connectivity index (χ4v) is 4.91. The van der Waals surface area contributed by atoms with Crippen molar-refractivity contribution in [1.82, 2.24) is 14.9 Å². The lowest BCUT2D eigenvalue weighted by molar-refractivity contribution is -0.114. The van der Waals surface area contributed by atoms with Gasteiger partial charge in [0.25, 0.3) is 11.5 Å². The molecule has 0 bridgehead atoms. The van der Waals surface area contributed by atoms with Crippen LogP contribution in [0.15, 0.2) is 71.5 Å². The zero-order chi connectivity index (χ0) is 26.1. The second-order valence-corrected chi connectivity index (χ2v) is 9.51. The van der Waals surface area contributed by atoms with Crippen molar-refractivity contribution in [2.45, 2.75) is 26.8 Å². The van der Waals surface area contributed by atoms with Gasteiger partial charge in [-0.3, -0.25) is 14.4 Å². The summed E-state index contributed by atoms with van der Waals surface area (Å²) in [5.74, 6) is -0.305. The number of anilines is 2. The van der Waals surface area contributed by atoms with Gasteiger partial charge in [0.1, 0.15) is 5.69 Å². The summed E-state index contributed by atoms with van der Waals surface area (Å²) in [7, 11) is 0. The second-order valence-electron chi connectivity index (χ2n) is 9.51. The Morgan fingerprint density at radius 1 is 1.03 bits per heavy atom. The molecule has 1 saturated heterocycles. The summed E-state index contributed by atoms with van der Waals surface area (Å²) in [6.45, 7) is 7.60. The van der Waals surface area contributed by atoms with Crippen LogP contribution < -0.4 is 15.8 Å². The number of H-pyrrole nitrogens is 1. The highest BCUT2D eigenvalue weighted by Crippen LogP contribution is 2.26. The van der Waals surface area contributed by atoms with Crippen molar-refractivity contribution in [3.05, 3.63) is 88.2 Å². The number of carbonyl (C=O) groups is 2. The van der Waals surface area contributed by atoms with Gasteiger partial charge in [0.15, 0.2) is 0 Å². The van der Waals surface area contributed by atoms with E-state index in [4.69, 9.17) is 0 Å². The van der Waals surface area contributed by atoms with Gasteiger partial charge in [-0.15, -0.1) is 0 Å². The van der Waals surface area contributed by atoms with E-state index in [2.05, 4.69) is 58.3 Å². The maximum Gasteiger partial charge on any atom is 0.275 e. The number of aromatic amines is 1. The Hall–Kier alpha value is -4.46. The summed E-state index contributed by atoms with van der Waals surface area (Å²) in [5.41, 5.74) is 4.79. The number of fused-ring (bicyclic) bond motifs is 1. The van der Waals surface area contributed by atoms with Crippen LogP contribution in [-0.2, 0) is 4.79 Å². The Bertz CT molecular complexity index is 1560. The van der Waals surface area contributed by atoms with Crippen molar-refractivity contribution < 1.29 is 9.59 Å². The zero-order valence-corrected chi connectivity index (χ0v) is 21.1. The van der Waals surface area contributed by atoms with E-state index >= 15 is 0 Å². The van der Waals surface area contributed by atoms with Gasteiger partial charge in [-0.1, -0.05) is 30.3 Å².